The van der Waals surface area contributed by atoms with Crippen LogP contribution in [0.4, 0.5) is 22.4 Å². The molecule has 2 atom stereocenters. The van der Waals surface area contributed by atoms with E-state index < -0.39 is 29.3 Å². The summed E-state index contributed by atoms with van der Waals surface area (Å²) >= 11 is 0. The molecule has 2 heterocycles. The third-order valence-electron chi connectivity index (χ3n) is 6.09. The van der Waals surface area contributed by atoms with E-state index in [4.69, 9.17) is 4.74 Å². The Morgan fingerprint density at radius 2 is 1.71 bits per heavy atom. The molecule has 2 saturated heterocycles. The number of aliphatic hydroxyl groups is 1. The first kappa shape index (κ1) is 21.6. The smallest absolute Gasteiger partial charge is 0.416 e. The lowest BCUT2D eigenvalue weighted by Gasteiger charge is -2.43. The average molecular weight is 437 g/mol. The molecular weight excluding hydrogens is 414 g/mol. The Hall–Kier alpha value is -2.61. The molecular formula is C23H23F4NO3. The van der Waals surface area contributed by atoms with E-state index in [1.807, 2.05) is 30.3 Å². The average Bonchev–Trinajstić information content (AvgIpc) is 2.98. The van der Waals surface area contributed by atoms with Crippen LogP contribution in [0.5, 0.6) is 0 Å². The number of benzene rings is 2. The van der Waals surface area contributed by atoms with Gasteiger partial charge in [-0.05, 0) is 55.0 Å². The Bertz CT molecular complexity index is 934. The number of alkyl halides is 3. The lowest BCUT2D eigenvalue weighted by atomic mass is 9.81. The van der Waals surface area contributed by atoms with E-state index >= 15 is 0 Å². The molecule has 0 radical (unpaired) electrons. The first-order chi connectivity index (χ1) is 14.6. The number of rotatable bonds is 4. The summed E-state index contributed by atoms with van der Waals surface area (Å²) in [6, 6.07) is 11.1. The number of amides is 1. The molecule has 4 nitrogen and oxygen atoms in total. The summed E-state index contributed by atoms with van der Waals surface area (Å²) < 4.78 is 58.2. The first-order valence-corrected chi connectivity index (χ1v) is 10.2. The highest BCUT2D eigenvalue weighted by Crippen LogP contribution is 2.43. The van der Waals surface area contributed by atoms with Gasteiger partial charge < -0.3 is 14.7 Å². The zero-order valence-corrected chi connectivity index (χ0v) is 16.7. The summed E-state index contributed by atoms with van der Waals surface area (Å²) in [5.74, 6) is -0.988. The van der Waals surface area contributed by atoms with Gasteiger partial charge in [-0.15, -0.1) is 0 Å². The minimum atomic E-state index is -4.66. The van der Waals surface area contributed by atoms with Crippen LogP contribution >= 0.6 is 0 Å². The Labute approximate surface area is 177 Å². The minimum absolute atomic E-state index is 0.0920. The van der Waals surface area contributed by atoms with Gasteiger partial charge in [-0.1, -0.05) is 30.3 Å². The van der Waals surface area contributed by atoms with Gasteiger partial charge in [0, 0.05) is 18.5 Å². The molecule has 0 aromatic heterocycles. The van der Waals surface area contributed by atoms with E-state index in [0.29, 0.717) is 18.9 Å². The van der Waals surface area contributed by atoms with E-state index in [-0.39, 0.29) is 43.5 Å². The van der Waals surface area contributed by atoms with Crippen LogP contribution in [0.2, 0.25) is 0 Å². The van der Waals surface area contributed by atoms with Crippen LogP contribution in [0, 0.1) is 5.82 Å². The topological polar surface area (TPSA) is 49.8 Å². The van der Waals surface area contributed by atoms with E-state index in [1.54, 1.807) is 4.90 Å². The Kier molecular flexibility index (Phi) is 5.68. The summed E-state index contributed by atoms with van der Waals surface area (Å²) in [5.41, 5.74) is -1.42. The number of halogens is 4. The molecule has 1 amide bonds. The van der Waals surface area contributed by atoms with Crippen molar-refractivity contribution in [3.05, 3.63) is 71.0 Å². The van der Waals surface area contributed by atoms with Gasteiger partial charge in [-0.2, -0.15) is 13.2 Å². The fraction of sp³-hybridized carbons (Fsp3) is 0.435. The molecule has 2 bridgehead atoms. The number of piperidine rings is 1. The van der Waals surface area contributed by atoms with Gasteiger partial charge >= 0.3 is 12.3 Å². The van der Waals surface area contributed by atoms with Crippen molar-refractivity contribution in [2.24, 2.45) is 0 Å². The van der Waals surface area contributed by atoms with Gasteiger partial charge in [0.2, 0.25) is 0 Å². The molecule has 2 unspecified atom stereocenters. The molecule has 31 heavy (non-hydrogen) atoms. The van der Waals surface area contributed by atoms with Crippen LogP contribution < -0.4 is 0 Å². The highest BCUT2D eigenvalue weighted by atomic mass is 19.4. The summed E-state index contributed by atoms with van der Waals surface area (Å²) in [5, 5.41) is 11.1. The fourth-order valence-electron chi connectivity index (χ4n) is 4.85. The molecule has 0 spiro atoms. The normalized spacial score (nSPS) is 25.5. The van der Waals surface area contributed by atoms with Crippen molar-refractivity contribution in [3.8, 4) is 0 Å². The summed E-state index contributed by atoms with van der Waals surface area (Å²) in [6.45, 7) is 0.142. The molecule has 0 aliphatic carbocycles. The van der Waals surface area contributed by atoms with Gasteiger partial charge in [0.25, 0.3) is 0 Å². The van der Waals surface area contributed by atoms with E-state index in [2.05, 4.69) is 0 Å². The molecule has 2 aliphatic rings. The predicted octanol–water partition coefficient (Wildman–Crippen LogP) is 5.08. The van der Waals surface area contributed by atoms with Crippen LogP contribution in [0.3, 0.4) is 0 Å². The van der Waals surface area contributed by atoms with Gasteiger partial charge in [0.1, 0.15) is 12.4 Å². The van der Waals surface area contributed by atoms with Crippen molar-refractivity contribution in [1.82, 2.24) is 4.90 Å². The second-order valence-electron chi connectivity index (χ2n) is 8.49. The molecule has 2 aromatic carbocycles. The molecule has 8 heteroatoms. The van der Waals surface area contributed by atoms with Crippen LogP contribution in [-0.4, -0.2) is 33.8 Å². The number of carbonyl (C=O) groups is 1. The van der Waals surface area contributed by atoms with Crippen molar-refractivity contribution in [1.29, 1.82) is 0 Å². The van der Waals surface area contributed by atoms with Gasteiger partial charge in [0.05, 0.1) is 11.2 Å². The maximum atomic E-state index is 13.7. The maximum Gasteiger partial charge on any atom is 0.416 e. The van der Waals surface area contributed by atoms with Gasteiger partial charge in [-0.3, -0.25) is 0 Å². The zero-order valence-electron chi connectivity index (χ0n) is 16.7. The van der Waals surface area contributed by atoms with Crippen molar-refractivity contribution in [2.75, 3.05) is 0 Å². The zero-order chi connectivity index (χ0) is 22.2. The van der Waals surface area contributed by atoms with Crippen LogP contribution in [0.15, 0.2) is 48.5 Å². The molecule has 2 fully saturated rings. The Morgan fingerprint density at radius 3 is 2.32 bits per heavy atom. The highest BCUT2D eigenvalue weighted by molar-refractivity contribution is 5.69. The third-order valence-corrected chi connectivity index (χ3v) is 6.09. The van der Waals surface area contributed by atoms with Crippen molar-refractivity contribution in [2.45, 2.75) is 62.6 Å². The van der Waals surface area contributed by atoms with Crippen LogP contribution in [0.25, 0.3) is 0 Å². The number of ether oxygens (including phenoxy) is 1. The largest absolute Gasteiger partial charge is 0.445 e. The fourth-order valence-corrected chi connectivity index (χ4v) is 4.85. The van der Waals surface area contributed by atoms with Gasteiger partial charge in [0.15, 0.2) is 0 Å². The second kappa shape index (κ2) is 8.15. The van der Waals surface area contributed by atoms with Gasteiger partial charge in [-0.25, -0.2) is 9.18 Å². The van der Waals surface area contributed by atoms with Crippen molar-refractivity contribution >= 4 is 6.09 Å². The summed E-state index contributed by atoms with van der Waals surface area (Å²) in [7, 11) is 0. The van der Waals surface area contributed by atoms with E-state index in [9.17, 15) is 27.5 Å². The SMILES string of the molecule is O=C(OCc1ccccc1)N1C2CCC1CC(O)(Cc1cc(F)cc(C(F)(F)F)c1)C2. The van der Waals surface area contributed by atoms with Crippen molar-refractivity contribution < 1.29 is 32.2 Å². The number of fused-ring (bicyclic) bond motifs is 2. The number of nitrogens with zero attached hydrogens (tertiary/aromatic N) is 1. The Balaban J connectivity index is 1.43. The number of hydrogen-bond donors (Lipinski definition) is 1. The molecule has 166 valence electrons. The molecule has 4 rings (SSSR count). The standard InChI is InChI=1S/C23H23F4NO3/c24-18-9-16(8-17(10-18)23(25,26)27)11-22(30)12-19-6-7-20(13-22)28(19)21(29)31-14-15-4-2-1-3-5-15/h1-5,8-10,19-20,30H,6-7,11-14H2. The Morgan fingerprint density at radius 1 is 1.06 bits per heavy atom. The maximum absolute atomic E-state index is 13.7. The second-order valence-corrected chi connectivity index (χ2v) is 8.49. The summed E-state index contributed by atoms with van der Waals surface area (Å²) in [4.78, 5) is 14.3. The van der Waals surface area contributed by atoms with Crippen LogP contribution in [0.1, 0.15) is 42.4 Å². The predicted molar refractivity (Wildman–Crippen MR) is 105 cm³/mol. The molecule has 0 saturated carbocycles. The first-order valence-electron chi connectivity index (χ1n) is 10.2. The van der Waals surface area contributed by atoms with E-state index in [1.165, 1.54) is 0 Å². The molecule has 2 aromatic rings. The number of hydrogen-bond acceptors (Lipinski definition) is 3. The third kappa shape index (κ3) is 4.84. The lowest BCUT2D eigenvalue weighted by Crippen LogP contribution is -2.54. The molecule has 2 aliphatic heterocycles. The highest BCUT2D eigenvalue weighted by Gasteiger charge is 2.50. The lowest BCUT2D eigenvalue weighted by molar-refractivity contribution is -0.137. The van der Waals surface area contributed by atoms with E-state index in [0.717, 1.165) is 17.7 Å². The monoisotopic (exact) mass is 437 g/mol. The minimum Gasteiger partial charge on any atom is -0.445 e. The quantitative estimate of drug-likeness (QED) is 0.679. The number of carbonyl (C=O) groups excluding carboxylic acids is 1. The summed E-state index contributed by atoms with van der Waals surface area (Å²) in [6.07, 6.45) is -3.43. The van der Waals surface area contributed by atoms with Crippen LogP contribution in [-0.2, 0) is 23.9 Å². The van der Waals surface area contributed by atoms with Crippen molar-refractivity contribution in [3.63, 3.8) is 0 Å². The molecule has 1 N–H and O–H groups in total.